The first-order chi connectivity index (χ1) is 12.4. The molecule has 140 valence electrons. The summed E-state index contributed by atoms with van der Waals surface area (Å²) >= 11 is 0. The smallest absolute Gasteiger partial charge is 0.240 e. The number of rotatable bonds is 6. The standard InChI is InChI=1S/C17H22N4O4S/c1-26(23,24)21-9-10-25-15(12-21)11-19-16(22)13-20-8-7-18-17(20)14-5-3-2-4-6-14/h2-8,15H,9-13H2,1H3,(H,19,22)/t15-/m1/s1. The Hall–Kier alpha value is -2.23. The maximum Gasteiger partial charge on any atom is 0.240 e. The zero-order chi connectivity index (χ0) is 18.6. The number of aromatic nitrogens is 2. The topological polar surface area (TPSA) is 93.5 Å². The summed E-state index contributed by atoms with van der Waals surface area (Å²) < 4.78 is 31.9. The van der Waals surface area contributed by atoms with E-state index in [1.54, 1.807) is 17.0 Å². The van der Waals surface area contributed by atoms with Crippen LogP contribution < -0.4 is 5.32 Å². The molecule has 2 heterocycles. The van der Waals surface area contributed by atoms with Crippen LogP contribution in [0.15, 0.2) is 42.7 Å². The maximum absolute atomic E-state index is 12.3. The zero-order valence-electron chi connectivity index (χ0n) is 14.5. The third-order valence-corrected chi connectivity index (χ3v) is 5.43. The second kappa shape index (κ2) is 7.98. The summed E-state index contributed by atoms with van der Waals surface area (Å²) in [5.74, 6) is 0.540. The molecule has 2 aromatic rings. The Morgan fingerprint density at radius 1 is 1.35 bits per heavy atom. The van der Waals surface area contributed by atoms with Gasteiger partial charge in [-0.25, -0.2) is 13.4 Å². The number of nitrogens with one attached hydrogen (secondary N) is 1. The highest BCUT2D eigenvalue weighted by atomic mass is 32.2. The molecule has 1 aliphatic heterocycles. The molecule has 26 heavy (non-hydrogen) atoms. The van der Waals surface area contributed by atoms with E-state index in [0.717, 1.165) is 11.4 Å². The zero-order valence-corrected chi connectivity index (χ0v) is 15.4. The minimum atomic E-state index is -3.25. The lowest BCUT2D eigenvalue weighted by Gasteiger charge is -2.31. The number of carbonyl (C=O) groups is 1. The highest BCUT2D eigenvalue weighted by Gasteiger charge is 2.26. The first-order valence-corrected chi connectivity index (χ1v) is 10.2. The van der Waals surface area contributed by atoms with Gasteiger partial charge >= 0.3 is 0 Å². The van der Waals surface area contributed by atoms with Crippen molar-refractivity contribution in [3.63, 3.8) is 0 Å². The third-order valence-electron chi connectivity index (χ3n) is 4.16. The van der Waals surface area contributed by atoms with Crippen molar-refractivity contribution in [1.82, 2.24) is 19.2 Å². The molecule has 9 heteroatoms. The summed E-state index contributed by atoms with van der Waals surface area (Å²) in [4.78, 5) is 16.6. The van der Waals surface area contributed by atoms with Gasteiger partial charge in [0.2, 0.25) is 15.9 Å². The van der Waals surface area contributed by atoms with Gasteiger partial charge < -0.3 is 14.6 Å². The molecular formula is C17H22N4O4S. The first-order valence-electron chi connectivity index (χ1n) is 8.33. The molecule has 1 fully saturated rings. The third kappa shape index (κ3) is 4.69. The minimum Gasteiger partial charge on any atom is -0.374 e. The number of hydrogen-bond acceptors (Lipinski definition) is 5. The largest absolute Gasteiger partial charge is 0.374 e. The van der Waals surface area contributed by atoms with Crippen molar-refractivity contribution in [3.8, 4) is 11.4 Å². The molecule has 1 saturated heterocycles. The van der Waals surface area contributed by atoms with Crippen molar-refractivity contribution >= 4 is 15.9 Å². The van der Waals surface area contributed by atoms with E-state index in [1.807, 2.05) is 30.3 Å². The van der Waals surface area contributed by atoms with Crippen LogP contribution in [0.2, 0.25) is 0 Å². The fourth-order valence-corrected chi connectivity index (χ4v) is 3.68. The van der Waals surface area contributed by atoms with Crippen LogP contribution in [-0.4, -0.2) is 66.8 Å². The highest BCUT2D eigenvalue weighted by Crippen LogP contribution is 2.16. The highest BCUT2D eigenvalue weighted by molar-refractivity contribution is 7.88. The van der Waals surface area contributed by atoms with Crippen molar-refractivity contribution < 1.29 is 17.9 Å². The Morgan fingerprint density at radius 3 is 2.85 bits per heavy atom. The van der Waals surface area contributed by atoms with Gasteiger partial charge in [-0.1, -0.05) is 30.3 Å². The molecule has 0 aliphatic carbocycles. The van der Waals surface area contributed by atoms with E-state index in [2.05, 4.69) is 10.3 Å². The molecular weight excluding hydrogens is 356 g/mol. The van der Waals surface area contributed by atoms with Crippen molar-refractivity contribution in [1.29, 1.82) is 0 Å². The van der Waals surface area contributed by atoms with Crippen molar-refractivity contribution in [3.05, 3.63) is 42.7 Å². The molecule has 0 saturated carbocycles. The lowest BCUT2D eigenvalue weighted by atomic mass is 10.2. The van der Waals surface area contributed by atoms with Gasteiger partial charge in [-0.05, 0) is 0 Å². The van der Waals surface area contributed by atoms with Gasteiger partial charge in [-0.3, -0.25) is 4.79 Å². The number of amides is 1. The van der Waals surface area contributed by atoms with Crippen LogP contribution in [0.5, 0.6) is 0 Å². The average Bonchev–Trinajstić information content (AvgIpc) is 3.08. The van der Waals surface area contributed by atoms with Gasteiger partial charge in [0.25, 0.3) is 0 Å². The number of carbonyl (C=O) groups excluding carboxylic acids is 1. The van der Waals surface area contributed by atoms with E-state index in [1.165, 1.54) is 10.6 Å². The molecule has 3 rings (SSSR count). The Kier molecular flexibility index (Phi) is 5.70. The Morgan fingerprint density at radius 2 is 2.12 bits per heavy atom. The number of imidazole rings is 1. The van der Waals surface area contributed by atoms with E-state index in [9.17, 15) is 13.2 Å². The quantitative estimate of drug-likeness (QED) is 0.782. The number of ether oxygens (including phenoxy) is 1. The number of hydrogen-bond donors (Lipinski definition) is 1. The summed E-state index contributed by atoms with van der Waals surface area (Å²) in [6, 6.07) is 9.64. The molecule has 1 aromatic carbocycles. The van der Waals surface area contributed by atoms with Gasteiger partial charge in [-0.15, -0.1) is 0 Å². The Labute approximate surface area is 152 Å². The van der Waals surface area contributed by atoms with Gasteiger partial charge in [0.15, 0.2) is 0 Å². The normalized spacial score (nSPS) is 18.6. The Balaban J connectivity index is 1.55. The summed E-state index contributed by atoms with van der Waals surface area (Å²) in [5.41, 5.74) is 0.935. The summed E-state index contributed by atoms with van der Waals surface area (Å²) in [5, 5.41) is 2.81. The van der Waals surface area contributed by atoms with Crippen molar-refractivity contribution in [2.75, 3.05) is 32.5 Å². The monoisotopic (exact) mass is 378 g/mol. The van der Waals surface area contributed by atoms with Crippen LogP contribution in [0.1, 0.15) is 0 Å². The number of nitrogens with zero attached hydrogens (tertiary/aromatic N) is 3. The average molecular weight is 378 g/mol. The van der Waals surface area contributed by atoms with Crippen LogP contribution in [0.4, 0.5) is 0 Å². The van der Waals surface area contributed by atoms with Crippen LogP contribution in [0, 0.1) is 0 Å². The summed E-state index contributed by atoms with van der Waals surface area (Å²) in [6.07, 6.45) is 4.24. The van der Waals surface area contributed by atoms with Crippen molar-refractivity contribution in [2.24, 2.45) is 0 Å². The van der Waals surface area contributed by atoms with E-state index in [-0.39, 0.29) is 31.6 Å². The lowest BCUT2D eigenvalue weighted by Crippen LogP contribution is -2.49. The summed E-state index contributed by atoms with van der Waals surface area (Å²) in [7, 11) is -3.25. The molecule has 0 bridgehead atoms. The molecule has 0 unspecified atom stereocenters. The van der Waals surface area contributed by atoms with E-state index < -0.39 is 10.0 Å². The van der Waals surface area contributed by atoms with E-state index >= 15 is 0 Å². The van der Waals surface area contributed by atoms with Crippen LogP contribution in [0.3, 0.4) is 0 Å². The van der Waals surface area contributed by atoms with E-state index in [4.69, 9.17) is 4.74 Å². The first kappa shape index (κ1) is 18.6. The van der Waals surface area contributed by atoms with Crippen LogP contribution in [-0.2, 0) is 26.1 Å². The van der Waals surface area contributed by atoms with Crippen LogP contribution >= 0.6 is 0 Å². The molecule has 1 N–H and O–H groups in total. The molecule has 1 atom stereocenters. The number of benzene rings is 1. The number of morpholine rings is 1. The molecule has 1 aliphatic rings. The van der Waals surface area contributed by atoms with Crippen LogP contribution in [0.25, 0.3) is 11.4 Å². The fourth-order valence-electron chi connectivity index (χ4n) is 2.84. The maximum atomic E-state index is 12.3. The fraction of sp³-hybridized carbons (Fsp3) is 0.412. The van der Waals surface area contributed by atoms with Crippen molar-refractivity contribution in [2.45, 2.75) is 12.6 Å². The van der Waals surface area contributed by atoms with Gasteiger partial charge in [0.1, 0.15) is 12.4 Å². The summed E-state index contributed by atoms with van der Waals surface area (Å²) in [6.45, 7) is 1.32. The lowest BCUT2D eigenvalue weighted by molar-refractivity contribution is -0.122. The molecule has 1 aromatic heterocycles. The van der Waals surface area contributed by atoms with Gasteiger partial charge in [0, 0.05) is 37.6 Å². The molecule has 1 amide bonds. The minimum absolute atomic E-state index is 0.132. The predicted octanol–water partition coefficient (Wildman–Crippen LogP) is 0.327. The number of sulfonamides is 1. The molecule has 0 spiro atoms. The second-order valence-corrected chi connectivity index (χ2v) is 8.15. The Bertz CT molecular complexity index is 851. The second-order valence-electron chi connectivity index (χ2n) is 6.16. The molecule has 8 nitrogen and oxygen atoms in total. The SMILES string of the molecule is CS(=O)(=O)N1CCO[C@H](CNC(=O)Cn2ccnc2-c2ccccc2)C1. The predicted molar refractivity (Wildman–Crippen MR) is 96.8 cm³/mol. The molecule has 0 radical (unpaired) electrons. The van der Waals surface area contributed by atoms with Gasteiger partial charge in [-0.2, -0.15) is 4.31 Å². The van der Waals surface area contributed by atoms with E-state index in [0.29, 0.717) is 13.2 Å². The van der Waals surface area contributed by atoms with Gasteiger partial charge in [0.05, 0.1) is 19.0 Å².